The molecule has 0 saturated carbocycles. The summed E-state index contributed by atoms with van der Waals surface area (Å²) in [5, 5.41) is 10.3. The number of carbonyl (C=O) groups excluding carboxylic acids is 2. The van der Waals surface area contributed by atoms with Gasteiger partial charge in [0.2, 0.25) is 5.91 Å². The molecule has 1 amide bonds. The standard InChI is InChI=1S/C16H17N3O4S2/c1-7-9-4-11(21)19(9)13(16(22)23-8(2)20)12(7)10-5-18-6-17-14(24-3)15(18)25-10/h5-9,20H,4H2,1-3H3/t7?,8-,9-/m1/s1. The van der Waals surface area contributed by atoms with Crippen LogP contribution in [-0.2, 0) is 14.3 Å². The van der Waals surface area contributed by atoms with Gasteiger partial charge in [-0.25, -0.2) is 9.78 Å². The minimum Gasteiger partial charge on any atom is -0.432 e. The number of aliphatic hydroxyl groups excluding tert-OH is 1. The molecule has 1 unspecified atom stereocenters. The summed E-state index contributed by atoms with van der Waals surface area (Å²) in [5.41, 5.74) is 1.07. The number of amides is 1. The van der Waals surface area contributed by atoms with E-state index in [4.69, 9.17) is 4.74 Å². The number of aromatic nitrogens is 2. The number of hydrogen-bond donors (Lipinski definition) is 1. The smallest absolute Gasteiger partial charge is 0.357 e. The van der Waals surface area contributed by atoms with E-state index < -0.39 is 12.3 Å². The number of imidazole rings is 1. The van der Waals surface area contributed by atoms with Crippen LogP contribution in [0.25, 0.3) is 10.4 Å². The number of ether oxygens (including phenoxy) is 1. The maximum atomic E-state index is 12.5. The van der Waals surface area contributed by atoms with E-state index in [1.54, 1.807) is 29.4 Å². The number of hydrogen-bond acceptors (Lipinski definition) is 7. The first-order valence-corrected chi connectivity index (χ1v) is 9.92. The van der Waals surface area contributed by atoms with Crippen molar-refractivity contribution in [2.24, 2.45) is 5.92 Å². The number of nitrogens with zero attached hydrogens (tertiary/aromatic N) is 3. The van der Waals surface area contributed by atoms with Gasteiger partial charge in [-0.1, -0.05) is 6.92 Å². The third-order valence-corrected chi connectivity index (χ3v) is 6.58. The Morgan fingerprint density at radius 2 is 2.32 bits per heavy atom. The molecule has 7 nitrogen and oxygen atoms in total. The maximum absolute atomic E-state index is 12.5. The number of β-lactam (4-membered cyclic amide) rings is 1. The fourth-order valence-corrected chi connectivity index (χ4v) is 5.39. The van der Waals surface area contributed by atoms with Gasteiger partial charge in [0.25, 0.3) is 0 Å². The van der Waals surface area contributed by atoms with Gasteiger partial charge in [-0.15, -0.1) is 23.1 Å². The van der Waals surface area contributed by atoms with Gasteiger partial charge in [-0.3, -0.25) is 9.20 Å². The highest BCUT2D eigenvalue weighted by Gasteiger charge is 2.52. The van der Waals surface area contributed by atoms with Gasteiger partial charge in [-0.2, -0.15) is 0 Å². The van der Waals surface area contributed by atoms with Crippen LogP contribution >= 0.6 is 23.1 Å². The molecule has 4 rings (SSSR count). The summed E-state index contributed by atoms with van der Waals surface area (Å²) in [6.45, 7) is 3.39. The summed E-state index contributed by atoms with van der Waals surface area (Å²) >= 11 is 3.11. The molecule has 1 N–H and O–H groups in total. The molecule has 25 heavy (non-hydrogen) atoms. The molecule has 4 heterocycles. The van der Waals surface area contributed by atoms with E-state index in [-0.39, 0.29) is 23.6 Å². The van der Waals surface area contributed by atoms with E-state index in [0.29, 0.717) is 6.42 Å². The van der Waals surface area contributed by atoms with Crippen LogP contribution < -0.4 is 0 Å². The van der Waals surface area contributed by atoms with Crippen LogP contribution in [0, 0.1) is 5.92 Å². The van der Waals surface area contributed by atoms with Crippen LogP contribution in [0.1, 0.15) is 25.1 Å². The topological polar surface area (TPSA) is 84.1 Å². The molecule has 0 aliphatic carbocycles. The molecular formula is C16H17N3O4S2. The maximum Gasteiger partial charge on any atom is 0.357 e. The fraction of sp³-hybridized carbons (Fsp3) is 0.438. The number of carbonyl (C=O) groups is 2. The van der Waals surface area contributed by atoms with Crippen LogP contribution in [0.2, 0.25) is 0 Å². The highest BCUT2D eigenvalue weighted by molar-refractivity contribution is 7.98. The number of esters is 1. The monoisotopic (exact) mass is 379 g/mol. The molecular weight excluding hydrogens is 362 g/mol. The molecule has 2 aliphatic rings. The highest BCUT2D eigenvalue weighted by atomic mass is 32.2. The second-order valence-electron chi connectivity index (χ2n) is 6.15. The zero-order valence-corrected chi connectivity index (χ0v) is 15.6. The lowest BCUT2D eigenvalue weighted by Gasteiger charge is -2.37. The zero-order chi connectivity index (χ0) is 17.9. The third-order valence-electron chi connectivity index (χ3n) is 4.62. The van der Waals surface area contributed by atoms with E-state index in [1.165, 1.54) is 11.8 Å². The molecule has 3 atom stereocenters. The highest BCUT2D eigenvalue weighted by Crippen LogP contribution is 2.48. The van der Waals surface area contributed by atoms with E-state index in [2.05, 4.69) is 4.98 Å². The lowest BCUT2D eigenvalue weighted by molar-refractivity contribution is -0.165. The molecule has 0 radical (unpaired) electrons. The van der Waals surface area contributed by atoms with Crippen molar-refractivity contribution < 1.29 is 19.4 Å². The Morgan fingerprint density at radius 1 is 1.56 bits per heavy atom. The number of thioether (sulfide) groups is 1. The van der Waals surface area contributed by atoms with Crippen LogP contribution in [0.15, 0.2) is 23.2 Å². The summed E-state index contributed by atoms with van der Waals surface area (Å²) in [7, 11) is 0. The molecule has 2 aromatic heterocycles. The predicted molar refractivity (Wildman–Crippen MR) is 94.0 cm³/mol. The van der Waals surface area contributed by atoms with Crippen molar-refractivity contribution >= 4 is 45.4 Å². The zero-order valence-electron chi connectivity index (χ0n) is 13.9. The van der Waals surface area contributed by atoms with Crippen molar-refractivity contribution in [3.05, 3.63) is 23.1 Å². The number of thiazole rings is 1. The van der Waals surface area contributed by atoms with Crippen molar-refractivity contribution in [2.45, 2.75) is 37.6 Å². The van der Waals surface area contributed by atoms with Gasteiger partial charge in [-0.05, 0) is 13.2 Å². The molecule has 1 saturated heterocycles. The molecule has 132 valence electrons. The first-order chi connectivity index (χ1) is 11.9. The number of aliphatic hydroxyl groups is 1. The number of fused-ring (bicyclic) bond motifs is 2. The summed E-state index contributed by atoms with van der Waals surface area (Å²) in [6, 6.07) is -0.0151. The summed E-state index contributed by atoms with van der Waals surface area (Å²) in [6.07, 6.45) is 4.85. The molecule has 1 fully saturated rings. The first-order valence-electron chi connectivity index (χ1n) is 7.88. The predicted octanol–water partition coefficient (Wildman–Crippen LogP) is 1.96. The van der Waals surface area contributed by atoms with Crippen molar-refractivity contribution in [1.82, 2.24) is 14.3 Å². The van der Waals surface area contributed by atoms with Gasteiger partial charge in [0.15, 0.2) is 6.29 Å². The van der Waals surface area contributed by atoms with E-state index in [0.717, 1.165) is 20.3 Å². The Labute approximate surface area is 152 Å². The molecule has 2 aliphatic heterocycles. The van der Waals surface area contributed by atoms with Crippen molar-refractivity contribution in [3.63, 3.8) is 0 Å². The van der Waals surface area contributed by atoms with Crippen molar-refractivity contribution in [2.75, 3.05) is 6.26 Å². The Morgan fingerprint density at radius 3 is 2.96 bits per heavy atom. The molecule has 0 spiro atoms. The third kappa shape index (κ3) is 2.41. The summed E-state index contributed by atoms with van der Waals surface area (Å²) < 4.78 is 6.91. The summed E-state index contributed by atoms with van der Waals surface area (Å²) in [4.78, 5) is 32.4. The Kier molecular flexibility index (Phi) is 3.89. The lowest BCUT2D eigenvalue weighted by atomic mass is 9.90. The van der Waals surface area contributed by atoms with E-state index >= 15 is 0 Å². The molecule has 2 aromatic rings. The van der Waals surface area contributed by atoms with Crippen LogP contribution in [-0.4, -0.2) is 49.9 Å². The minimum absolute atomic E-state index is 0.0151. The van der Waals surface area contributed by atoms with Crippen LogP contribution in [0.3, 0.4) is 0 Å². The second kappa shape index (κ2) is 5.86. The van der Waals surface area contributed by atoms with Gasteiger partial charge in [0.1, 0.15) is 21.9 Å². The largest absolute Gasteiger partial charge is 0.432 e. The lowest BCUT2D eigenvalue weighted by Crippen LogP contribution is -2.52. The Balaban J connectivity index is 1.85. The molecule has 0 bridgehead atoms. The SMILES string of the molecule is CSc1ncn2cc(C3=C(C(=O)O[C@H](C)O)N4C(=O)C[C@@H]4C3C)sc12. The van der Waals surface area contributed by atoms with Gasteiger partial charge in [0.05, 0.1) is 10.9 Å². The van der Waals surface area contributed by atoms with Crippen LogP contribution in [0.4, 0.5) is 0 Å². The average molecular weight is 379 g/mol. The Hall–Kier alpha value is -1.84. The van der Waals surface area contributed by atoms with Gasteiger partial charge in [0, 0.05) is 24.1 Å². The quantitative estimate of drug-likeness (QED) is 0.378. The first kappa shape index (κ1) is 16.6. The summed E-state index contributed by atoms with van der Waals surface area (Å²) in [5.74, 6) is -0.712. The fourth-order valence-electron chi connectivity index (χ4n) is 3.47. The van der Waals surface area contributed by atoms with Crippen molar-refractivity contribution in [1.29, 1.82) is 0 Å². The van der Waals surface area contributed by atoms with Crippen molar-refractivity contribution in [3.8, 4) is 0 Å². The van der Waals surface area contributed by atoms with E-state index in [1.807, 2.05) is 23.8 Å². The van der Waals surface area contributed by atoms with E-state index in [9.17, 15) is 14.7 Å². The minimum atomic E-state index is -1.22. The average Bonchev–Trinajstić information content (AvgIpc) is 3.16. The Bertz CT molecular complexity index is 914. The normalized spacial score (nSPS) is 23.8. The molecule has 9 heteroatoms. The van der Waals surface area contributed by atoms with Crippen LogP contribution in [0.5, 0.6) is 0 Å². The van der Waals surface area contributed by atoms with Gasteiger partial charge < -0.3 is 14.7 Å². The molecule has 0 aromatic carbocycles. The number of rotatable bonds is 4. The van der Waals surface area contributed by atoms with Gasteiger partial charge >= 0.3 is 5.97 Å². The second-order valence-corrected chi connectivity index (χ2v) is 7.98.